The maximum absolute atomic E-state index is 11.0. The highest BCUT2D eigenvalue weighted by molar-refractivity contribution is 5.93. The van der Waals surface area contributed by atoms with Crippen molar-refractivity contribution in [3.05, 3.63) is 42.0 Å². The quantitative estimate of drug-likeness (QED) is 0.800. The molecule has 94 valence electrons. The molecule has 0 atom stereocenters. The normalized spacial score (nSPS) is 11.6. The number of amides is 1. The van der Waals surface area contributed by atoms with Gasteiger partial charge in [-0.15, -0.1) is 0 Å². The standard InChI is InChI=1S/C16H19NO/c1-11(18)17-15-8-6-12-9-14(16(2,3)4)7-5-13(12)10-15/h5-10H,1-4H3,(H,17,18). The van der Waals surface area contributed by atoms with Crippen LogP contribution in [0.25, 0.3) is 10.8 Å². The summed E-state index contributed by atoms with van der Waals surface area (Å²) in [7, 11) is 0. The first kappa shape index (κ1) is 12.6. The Kier molecular flexibility index (Phi) is 3.12. The number of rotatable bonds is 1. The number of fused-ring (bicyclic) bond motifs is 1. The van der Waals surface area contributed by atoms with Crippen molar-refractivity contribution in [1.29, 1.82) is 0 Å². The summed E-state index contributed by atoms with van der Waals surface area (Å²) in [5.74, 6) is -0.0411. The number of nitrogens with one attached hydrogen (secondary N) is 1. The Bertz CT molecular complexity index is 594. The van der Waals surface area contributed by atoms with Crippen molar-refractivity contribution in [2.45, 2.75) is 33.1 Å². The van der Waals surface area contributed by atoms with E-state index in [1.807, 2.05) is 12.1 Å². The summed E-state index contributed by atoms with van der Waals surface area (Å²) in [6, 6.07) is 12.5. The molecular formula is C16H19NO. The second-order valence-corrected chi connectivity index (χ2v) is 5.71. The topological polar surface area (TPSA) is 29.1 Å². The molecule has 18 heavy (non-hydrogen) atoms. The maximum atomic E-state index is 11.0. The van der Waals surface area contributed by atoms with Crippen molar-refractivity contribution in [2.75, 3.05) is 5.32 Å². The van der Waals surface area contributed by atoms with Crippen LogP contribution in [0, 0.1) is 0 Å². The number of benzene rings is 2. The first-order chi connectivity index (χ1) is 8.36. The average Bonchev–Trinajstić information content (AvgIpc) is 2.26. The molecule has 2 nitrogen and oxygen atoms in total. The summed E-state index contributed by atoms with van der Waals surface area (Å²) < 4.78 is 0. The van der Waals surface area contributed by atoms with E-state index in [1.54, 1.807) is 0 Å². The molecule has 0 saturated carbocycles. The van der Waals surface area contributed by atoms with Crippen LogP contribution in [-0.4, -0.2) is 5.91 Å². The van der Waals surface area contributed by atoms with Gasteiger partial charge < -0.3 is 5.32 Å². The predicted molar refractivity (Wildman–Crippen MR) is 77.0 cm³/mol. The maximum Gasteiger partial charge on any atom is 0.221 e. The van der Waals surface area contributed by atoms with E-state index >= 15 is 0 Å². The molecule has 1 amide bonds. The summed E-state index contributed by atoms with van der Waals surface area (Å²) in [6.07, 6.45) is 0. The van der Waals surface area contributed by atoms with E-state index in [9.17, 15) is 4.79 Å². The van der Waals surface area contributed by atoms with Crippen LogP contribution in [-0.2, 0) is 10.2 Å². The van der Waals surface area contributed by atoms with Gasteiger partial charge in [-0.25, -0.2) is 0 Å². The van der Waals surface area contributed by atoms with Crippen LogP contribution >= 0.6 is 0 Å². The number of anilines is 1. The lowest BCUT2D eigenvalue weighted by Gasteiger charge is -2.19. The molecule has 2 aromatic rings. The van der Waals surface area contributed by atoms with Gasteiger partial charge in [-0.3, -0.25) is 4.79 Å². The summed E-state index contributed by atoms with van der Waals surface area (Å²) >= 11 is 0. The monoisotopic (exact) mass is 241 g/mol. The molecule has 0 unspecified atom stereocenters. The van der Waals surface area contributed by atoms with Gasteiger partial charge in [-0.05, 0) is 33.9 Å². The Hall–Kier alpha value is -1.83. The molecule has 2 rings (SSSR count). The zero-order valence-corrected chi connectivity index (χ0v) is 11.4. The fourth-order valence-corrected chi connectivity index (χ4v) is 1.99. The van der Waals surface area contributed by atoms with Crippen LogP contribution in [0.3, 0.4) is 0 Å². The SMILES string of the molecule is CC(=O)Nc1ccc2cc(C(C)(C)C)ccc2c1. The van der Waals surface area contributed by atoms with Gasteiger partial charge in [0, 0.05) is 12.6 Å². The minimum absolute atomic E-state index is 0.0411. The van der Waals surface area contributed by atoms with Crippen LogP contribution < -0.4 is 5.32 Å². The highest BCUT2D eigenvalue weighted by Gasteiger charge is 2.13. The van der Waals surface area contributed by atoms with Gasteiger partial charge in [-0.2, -0.15) is 0 Å². The van der Waals surface area contributed by atoms with Crippen LogP contribution in [0.4, 0.5) is 5.69 Å². The van der Waals surface area contributed by atoms with Crippen molar-refractivity contribution in [3.8, 4) is 0 Å². The second kappa shape index (κ2) is 4.45. The van der Waals surface area contributed by atoms with Gasteiger partial charge in [0.15, 0.2) is 0 Å². The fourth-order valence-electron chi connectivity index (χ4n) is 1.99. The zero-order chi connectivity index (χ0) is 13.3. The highest BCUT2D eigenvalue weighted by atomic mass is 16.1. The molecule has 0 spiro atoms. The number of carbonyl (C=O) groups excluding carboxylic acids is 1. The van der Waals surface area contributed by atoms with Crippen molar-refractivity contribution in [1.82, 2.24) is 0 Å². The Morgan fingerprint density at radius 2 is 1.61 bits per heavy atom. The highest BCUT2D eigenvalue weighted by Crippen LogP contribution is 2.27. The van der Waals surface area contributed by atoms with E-state index in [-0.39, 0.29) is 11.3 Å². The molecule has 0 aromatic heterocycles. The molecule has 0 fully saturated rings. The van der Waals surface area contributed by atoms with Crippen molar-refractivity contribution in [3.63, 3.8) is 0 Å². The molecule has 0 bridgehead atoms. The molecule has 2 aromatic carbocycles. The summed E-state index contributed by atoms with van der Waals surface area (Å²) in [4.78, 5) is 11.0. The third kappa shape index (κ3) is 2.70. The zero-order valence-electron chi connectivity index (χ0n) is 11.4. The van der Waals surface area contributed by atoms with E-state index in [4.69, 9.17) is 0 Å². The third-order valence-electron chi connectivity index (χ3n) is 3.03. The van der Waals surface area contributed by atoms with Crippen LogP contribution in [0.15, 0.2) is 36.4 Å². The average molecular weight is 241 g/mol. The molecule has 1 N–H and O–H groups in total. The van der Waals surface area contributed by atoms with Gasteiger partial charge >= 0.3 is 0 Å². The Labute approximate surface area is 108 Å². The van der Waals surface area contributed by atoms with E-state index in [1.165, 1.54) is 17.9 Å². The minimum atomic E-state index is -0.0411. The summed E-state index contributed by atoms with van der Waals surface area (Å²) in [6.45, 7) is 8.15. The van der Waals surface area contributed by atoms with Crippen LogP contribution in [0.1, 0.15) is 33.3 Å². The number of hydrogen-bond acceptors (Lipinski definition) is 1. The largest absolute Gasteiger partial charge is 0.326 e. The third-order valence-corrected chi connectivity index (χ3v) is 3.03. The molecule has 0 heterocycles. The van der Waals surface area contributed by atoms with Crippen molar-refractivity contribution >= 4 is 22.4 Å². The molecule has 2 heteroatoms. The molecular weight excluding hydrogens is 222 g/mol. The lowest BCUT2D eigenvalue weighted by Crippen LogP contribution is -2.10. The van der Waals surface area contributed by atoms with E-state index in [0.29, 0.717) is 0 Å². The first-order valence-corrected chi connectivity index (χ1v) is 6.18. The minimum Gasteiger partial charge on any atom is -0.326 e. The fraction of sp³-hybridized carbons (Fsp3) is 0.312. The lowest BCUT2D eigenvalue weighted by atomic mass is 9.86. The van der Waals surface area contributed by atoms with Crippen LogP contribution in [0.2, 0.25) is 0 Å². The van der Waals surface area contributed by atoms with Gasteiger partial charge in [0.25, 0.3) is 0 Å². The number of carbonyl (C=O) groups is 1. The summed E-state index contributed by atoms with van der Waals surface area (Å²) in [5.41, 5.74) is 2.32. The summed E-state index contributed by atoms with van der Waals surface area (Å²) in [5, 5.41) is 5.16. The van der Waals surface area contributed by atoms with Crippen LogP contribution in [0.5, 0.6) is 0 Å². The molecule has 0 aliphatic heterocycles. The Balaban J connectivity index is 2.45. The molecule has 0 aliphatic rings. The Morgan fingerprint density at radius 3 is 2.22 bits per heavy atom. The van der Waals surface area contributed by atoms with E-state index in [2.05, 4.69) is 50.4 Å². The lowest BCUT2D eigenvalue weighted by molar-refractivity contribution is -0.114. The first-order valence-electron chi connectivity index (χ1n) is 6.18. The second-order valence-electron chi connectivity index (χ2n) is 5.71. The van der Waals surface area contributed by atoms with Gasteiger partial charge in [0.05, 0.1) is 0 Å². The predicted octanol–water partition coefficient (Wildman–Crippen LogP) is 4.10. The molecule has 0 saturated heterocycles. The van der Waals surface area contributed by atoms with E-state index < -0.39 is 0 Å². The van der Waals surface area contributed by atoms with Crippen molar-refractivity contribution in [2.24, 2.45) is 0 Å². The Morgan fingerprint density at radius 1 is 1.00 bits per heavy atom. The van der Waals surface area contributed by atoms with Gasteiger partial charge in [0.1, 0.15) is 0 Å². The van der Waals surface area contributed by atoms with Gasteiger partial charge in [0.2, 0.25) is 5.91 Å². The molecule has 0 radical (unpaired) electrons. The van der Waals surface area contributed by atoms with E-state index in [0.717, 1.165) is 11.1 Å². The molecule has 0 aliphatic carbocycles. The van der Waals surface area contributed by atoms with Crippen molar-refractivity contribution < 1.29 is 4.79 Å². The number of hydrogen-bond donors (Lipinski definition) is 1. The van der Waals surface area contributed by atoms with Gasteiger partial charge in [-0.1, -0.05) is 45.0 Å². The smallest absolute Gasteiger partial charge is 0.221 e.